The molecule has 0 N–H and O–H groups in total. The Labute approximate surface area is 119 Å². The number of hydrogen-bond donors (Lipinski definition) is 0. The lowest BCUT2D eigenvalue weighted by Gasteiger charge is -2.27. The minimum absolute atomic E-state index is 0.166. The van der Waals surface area contributed by atoms with Crippen molar-refractivity contribution in [2.75, 3.05) is 13.7 Å². The number of carbonyl (C=O) groups excluding carboxylic acids is 1. The molecule has 104 valence electrons. The molecule has 0 spiro atoms. The van der Waals surface area contributed by atoms with Crippen LogP contribution >= 0.6 is 11.6 Å². The molecule has 0 aromatic heterocycles. The zero-order chi connectivity index (χ0) is 13.7. The molecule has 4 heteroatoms. The molecule has 2 rings (SSSR count). The van der Waals surface area contributed by atoms with E-state index in [0.29, 0.717) is 12.6 Å². The lowest BCUT2D eigenvalue weighted by Crippen LogP contribution is -2.37. The summed E-state index contributed by atoms with van der Waals surface area (Å²) in [6, 6.07) is 8.31. The molecule has 0 saturated heterocycles. The van der Waals surface area contributed by atoms with Gasteiger partial charge in [0, 0.05) is 17.6 Å². The molecule has 0 atom stereocenters. The second-order valence-corrected chi connectivity index (χ2v) is 5.48. The van der Waals surface area contributed by atoms with Gasteiger partial charge in [-0.25, -0.2) is 0 Å². The number of hydrogen-bond acceptors (Lipinski definition) is 3. The Morgan fingerprint density at radius 2 is 1.95 bits per heavy atom. The lowest BCUT2D eigenvalue weighted by atomic mass is 10.1. The highest BCUT2D eigenvalue weighted by Gasteiger charge is 2.24. The topological polar surface area (TPSA) is 29.5 Å². The quantitative estimate of drug-likeness (QED) is 0.776. The van der Waals surface area contributed by atoms with Gasteiger partial charge in [0.1, 0.15) is 0 Å². The van der Waals surface area contributed by atoms with Gasteiger partial charge in [0.25, 0.3) is 0 Å². The normalized spacial score (nSPS) is 15.9. The van der Waals surface area contributed by atoms with Gasteiger partial charge >= 0.3 is 5.97 Å². The van der Waals surface area contributed by atoms with Crippen molar-refractivity contribution in [1.82, 2.24) is 4.90 Å². The van der Waals surface area contributed by atoms with Crippen LogP contribution in [-0.2, 0) is 16.1 Å². The van der Waals surface area contributed by atoms with Crippen LogP contribution < -0.4 is 0 Å². The first-order valence-corrected chi connectivity index (χ1v) is 7.12. The van der Waals surface area contributed by atoms with Crippen LogP contribution in [0.15, 0.2) is 24.3 Å². The molecule has 1 aromatic carbocycles. The molecule has 0 heterocycles. The summed E-state index contributed by atoms with van der Waals surface area (Å²) in [6.45, 7) is 1.14. The largest absolute Gasteiger partial charge is 0.468 e. The van der Waals surface area contributed by atoms with E-state index in [0.717, 1.165) is 11.6 Å². The zero-order valence-corrected chi connectivity index (χ0v) is 12.0. The smallest absolute Gasteiger partial charge is 0.319 e. The maximum atomic E-state index is 11.5. The summed E-state index contributed by atoms with van der Waals surface area (Å²) >= 11 is 5.89. The van der Waals surface area contributed by atoms with Crippen LogP contribution in [0.1, 0.15) is 31.2 Å². The summed E-state index contributed by atoms with van der Waals surface area (Å²) in [5.74, 6) is -0.166. The van der Waals surface area contributed by atoms with Crippen LogP contribution in [0.4, 0.5) is 0 Å². The molecule has 1 aromatic rings. The number of esters is 1. The van der Waals surface area contributed by atoms with E-state index in [9.17, 15) is 4.79 Å². The van der Waals surface area contributed by atoms with Crippen molar-refractivity contribution in [3.05, 3.63) is 34.9 Å². The average Bonchev–Trinajstić information content (AvgIpc) is 2.94. The summed E-state index contributed by atoms with van der Waals surface area (Å²) < 4.78 is 4.80. The number of carbonyl (C=O) groups is 1. The molecule has 1 aliphatic carbocycles. The first kappa shape index (κ1) is 14.4. The molecule has 19 heavy (non-hydrogen) atoms. The fraction of sp³-hybridized carbons (Fsp3) is 0.533. The van der Waals surface area contributed by atoms with Gasteiger partial charge in [0.15, 0.2) is 0 Å². The fourth-order valence-corrected chi connectivity index (χ4v) is 2.76. The fourth-order valence-electron chi connectivity index (χ4n) is 2.64. The minimum Gasteiger partial charge on any atom is -0.468 e. The van der Waals surface area contributed by atoms with Gasteiger partial charge in [0.2, 0.25) is 0 Å². The summed E-state index contributed by atoms with van der Waals surface area (Å²) in [5.41, 5.74) is 1.18. The van der Waals surface area contributed by atoms with E-state index in [2.05, 4.69) is 4.90 Å². The number of methoxy groups -OCH3 is 1. The Bertz CT molecular complexity index is 413. The highest BCUT2D eigenvalue weighted by atomic mass is 35.5. The second-order valence-electron chi connectivity index (χ2n) is 5.05. The monoisotopic (exact) mass is 281 g/mol. The summed E-state index contributed by atoms with van der Waals surface area (Å²) in [7, 11) is 1.44. The molecule has 0 bridgehead atoms. The molecule has 0 unspecified atom stereocenters. The van der Waals surface area contributed by atoms with E-state index in [1.807, 2.05) is 24.3 Å². The maximum Gasteiger partial charge on any atom is 0.319 e. The molecule has 0 aliphatic heterocycles. The van der Waals surface area contributed by atoms with Crippen molar-refractivity contribution in [3.8, 4) is 0 Å². The van der Waals surface area contributed by atoms with Crippen molar-refractivity contribution in [2.24, 2.45) is 0 Å². The van der Waals surface area contributed by atoms with Crippen molar-refractivity contribution in [2.45, 2.75) is 38.3 Å². The summed E-state index contributed by atoms with van der Waals surface area (Å²) in [4.78, 5) is 13.8. The SMILES string of the molecule is COC(=O)CN(Cc1ccc(Cl)cc1)C1CCCC1. The second kappa shape index (κ2) is 6.92. The molecule has 0 radical (unpaired) electrons. The van der Waals surface area contributed by atoms with Crippen molar-refractivity contribution < 1.29 is 9.53 Å². The Balaban J connectivity index is 2.03. The maximum absolute atomic E-state index is 11.5. The Morgan fingerprint density at radius 3 is 2.53 bits per heavy atom. The van der Waals surface area contributed by atoms with Crippen LogP contribution in [0.25, 0.3) is 0 Å². The first-order chi connectivity index (χ1) is 9.19. The molecular weight excluding hydrogens is 262 g/mol. The van der Waals surface area contributed by atoms with Crippen LogP contribution in [0.2, 0.25) is 5.02 Å². The van der Waals surface area contributed by atoms with Crippen molar-refractivity contribution in [1.29, 1.82) is 0 Å². The third-order valence-electron chi connectivity index (χ3n) is 3.70. The average molecular weight is 282 g/mol. The molecule has 0 amide bonds. The number of ether oxygens (including phenoxy) is 1. The predicted octanol–water partition coefficient (Wildman–Crippen LogP) is 3.26. The Kier molecular flexibility index (Phi) is 5.23. The van der Waals surface area contributed by atoms with E-state index >= 15 is 0 Å². The van der Waals surface area contributed by atoms with Gasteiger partial charge in [-0.1, -0.05) is 36.6 Å². The predicted molar refractivity (Wildman–Crippen MR) is 76.1 cm³/mol. The van der Waals surface area contributed by atoms with E-state index in [1.165, 1.54) is 38.4 Å². The molecule has 1 aliphatic rings. The summed E-state index contributed by atoms with van der Waals surface area (Å²) in [6.07, 6.45) is 4.85. The molecular formula is C15H20ClNO2. The van der Waals surface area contributed by atoms with E-state index in [1.54, 1.807) is 0 Å². The van der Waals surface area contributed by atoms with E-state index < -0.39 is 0 Å². The minimum atomic E-state index is -0.166. The van der Waals surface area contributed by atoms with Gasteiger partial charge in [-0.15, -0.1) is 0 Å². The van der Waals surface area contributed by atoms with Crippen LogP contribution in [0.3, 0.4) is 0 Å². The van der Waals surface area contributed by atoms with E-state index in [4.69, 9.17) is 16.3 Å². The third kappa shape index (κ3) is 4.22. The Morgan fingerprint density at radius 1 is 1.32 bits per heavy atom. The lowest BCUT2D eigenvalue weighted by molar-refractivity contribution is -0.142. The van der Waals surface area contributed by atoms with Gasteiger partial charge in [-0.3, -0.25) is 9.69 Å². The van der Waals surface area contributed by atoms with Gasteiger partial charge in [-0.05, 0) is 30.5 Å². The highest BCUT2D eigenvalue weighted by molar-refractivity contribution is 6.30. The Hall–Kier alpha value is -1.06. The third-order valence-corrected chi connectivity index (χ3v) is 3.95. The number of benzene rings is 1. The number of rotatable bonds is 5. The van der Waals surface area contributed by atoms with Gasteiger partial charge in [0.05, 0.1) is 13.7 Å². The molecule has 1 saturated carbocycles. The zero-order valence-electron chi connectivity index (χ0n) is 11.3. The van der Waals surface area contributed by atoms with Crippen molar-refractivity contribution >= 4 is 17.6 Å². The standard InChI is InChI=1S/C15H20ClNO2/c1-19-15(18)11-17(14-4-2-3-5-14)10-12-6-8-13(16)9-7-12/h6-9,14H,2-5,10-11H2,1H3. The highest BCUT2D eigenvalue weighted by Crippen LogP contribution is 2.25. The van der Waals surface area contributed by atoms with Gasteiger partial charge < -0.3 is 4.74 Å². The first-order valence-electron chi connectivity index (χ1n) is 6.74. The van der Waals surface area contributed by atoms with Crippen LogP contribution in [0, 0.1) is 0 Å². The number of nitrogens with zero attached hydrogens (tertiary/aromatic N) is 1. The number of halogens is 1. The molecule has 3 nitrogen and oxygen atoms in total. The van der Waals surface area contributed by atoms with Crippen LogP contribution in [0.5, 0.6) is 0 Å². The van der Waals surface area contributed by atoms with Crippen molar-refractivity contribution in [3.63, 3.8) is 0 Å². The van der Waals surface area contributed by atoms with Gasteiger partial charge in [-0.2, -0.15) is 0 Å². The summed E-state index contributed by atoms with van der Waals surface area (Å²) in [5, 5.41) is 0.740. The van der Waals surface area contributed by atoms with Crippen LogP contribution in [-0.4, -0.2) is 30.6 Å². The van der Waals surface area contributed by atoms with E-state index in [-0.39, 0.29) is 5.97 Å². The molecule has 1 fully saturated rings.